The number of anilines is 2. The standard InChI is InChI=1S/C13H10BrClFN3O/c1-17-12-9(4-7(14)6-18-12)13(20)19-11-5-8(15)2-3-10(11)16/h2-6H,1H3,(H,17,18)(H,19,20). The molecule has 7 heteroatoms. The van der Waals surface area contributed by atoms with Crippen molar-refractivity contribution in [3.05, 3.63) is 51.3 Å². The van der Waals surface area contributed by atoms with Crippen molar-refractivity contribution in [2.45, 2.75) is 0 Å². The van der Waals surface area contributed by atoms with E-state index in [9.17, 15) is 9.18 Å². The van der Waals surface area contributed by atoms with Crippen molar-refractivity contribution in [3.63, 3.8) is 0 Å². The first-order valence-corrected chi connectivity index (χ1v) is 6.78. The molecular formula is C13H10BrClFN3O. The SMILES string of the molecule is CNc1ncc(Br)cc1C(=O)Nc1cc(Cl)ccc1F. The molecule has 0 aliphatic carbocycles. The normalized spacial score (nSPS) is 10.2. The predicted molar refractivity (Wildman–Crippen MR) is 80.8 cm³/mol. The fourth-order valence-corrected chi connectivity index (χ4v) is 2.10. The Morgan fingerprint density at radius 2 is 2.15 bits per heavy atom. The number of benzene rings is 1. The number of aromatic nitrogens is 1. The molecule has 2 N–H and O–H groups in total. The van der Waals surface area contributed by atoms with Crippen LogP contribution < -0.4 is 10.6 Å². The third kappa shape index (κ3) is 3.26. The first kappa shape index (κ1) is 14.7. The third-order valence-electron chi connectivity index (χ3n) is 2.51. The Kier molecular flexibility index (Phi) is 4.57. The van der Waals surface area contributed by atoms with Crippen molar-refractivity contribution in [3.8, 4) is 0 Å². The number of hydrogen-bond acceptors (Lipinski definition) is 3. The van der Waals surface area contributed by atoms with Crippen molar-refractivity contribution in [2.24, 2.45) is 0 Å². The summed E-state index contributed by atoms with van der Waals surface area (Å²) in [6.07, 6.45) is 1.56. The van der Waals surface area contributed by atoms with Crippen molar-refractivity contribution >= 4 is 44.9 Å². The summed E-state index contributed by atoms with van der Waals surface area (Å²) in [5, 5.41) is 5.61. The summed E-state index contributed by atoms with van der Waals surface area (Å²) in [6.45, 7) is 0. The first-order valence-electron chi connectivity index (χ1n) is 5.61. The highest BCUT2D eigenvalue weighted by Crippen LogP contribution is 2.22. The van der Waals surface area contributed by atoms with Crippen LogP contribution in [0, 0.1) is 5.82 Å². The minimum absolute atomic E-state index is 0.0181. The van der Waals surface area contributed by atoms with Gasteiger partial charge in [0.25, 0.3) is 5.91 Å². The number of hydrogen-bond donors (Lipinski definition) is 2. The Morgan fingerprint density at radius 1 is 1.40 bits per heavy atom. The van der Waals surface area contributed by atoms with Crippen molar-refractivity contribution in [1.29, 1.82) is 0 Å². The minimum atomic E-state index is -0.559. The fraction of sp³-hybridized carbons (Fsp3) is 0.0769. The van der Waals surface area contributed by atoms with E-state index >= 15 is 0 Å². The number of nitrogens with one attached hydrogen (secondary N) is 2. The van der Waals surface area contributed by atoms with Crippen molar-refractivity contribution in [1.82, 2.24) is 4.98 Å². The topological polar surface area (TPSA) is 54.0 Å². The maximum absolute atomic E-state index is 13.6. The van der Waals surface area contributed by atoms with Gasteiger partial charge in [-0.3, -0.25) is 4.79 Å². The maximum atomic E-state index is 13.6. The van der Waals surface area contributed by atoms with Crippen LogP contribution in [0.3, 0.4) is 0 Å². The van der Waals surface area contributed by atoms with Gasteiger partial charge >= 0.3 is 0 Å². The molecule has 0 saturated carbocycles. The molecule has 0 aliphatic heterocycles. The highest BCUT2D eigenvalue weighted by Gasteiger charge is 2.15. The van der Waals surface area contributed by atoms with Gasteiger partial charge in [0, 0.05) is 22.7 Å². The van der Waals surface area contributed by atoms with Gasteiger partial charge in [0.15, 0.2) is 0 Å². The Bertz CT molecular complexity index is 666. The molecule has 1 amide bonds. The molecule has 2 rings (SSSR count). The van der Waals surface area contributed by atoms with Gasteiger partial charge in [-0.1, -0.05) is 11.6 Å². The molecule has 4 nitrogen and oxygen atoms in total. The summed E-state index contributed by atoms with van der Waals surface area (Å²) >= 11 is 9.02. The van der Waals surface area contributed by atoms with Crippen molar-refractivity contribution in [2.75, 3.05) is 17.7 Å². The monoisotopic (exact) mass is 357 g/mol. The zero-order chi connectivity index (χ0) is 14.7. The fourth-order valence-electron chi connectivity index (χ4n) is 1.59. The first-order chi connectivity index (χ1) is 9.51. The van der Waals surface area contributed by atoms with Gasteiger partial charge in [0.2, 0.25) is 0 Å². The van der Waals surface area contributed by atoms with Crippen LogP contribution in [0.25, 0.3) is 0 Å². The van der Waals surface area contributed by atoms with Crippen LogP contribution in [0.4, 0.5) is 15.9 Å². The highest BCUT2D eigenvalue weighted by atomic mass is 79.9. The highest BCUT2D eigenvalue weighted by molar-refractivity contribution is 9.10. The number of carbonyl (C=O) groups is 1. The van der Waals surface area contributed by atoms with Gasteiger partial charge in [-0.15, -0.1) is 0 Å². The van der Waals surface area contributed by atoms with E-state index in [1.165, 1.54) is 18.2 Å². The van der Waals surface area contributed by atoms with Gasteiger partial charge < -0.3 is 10.6 Å². The zero-order valence-electron chi connectivity index (χ0n) is 10.4. The molecule has 0 spiro atoms. The number of nitrogens with zero attached hydrogens (tertiary/aromatic N) is 1. The van der Waals surface area contributed by atoms with E-state index in [1.54, 1.807) is 19.3 Å². The summed E-state index contributed by atoms with van der Waals surface area (Å²) in [7, 11) is 1.65. The molecule has 0 aliphatic rings. The number of carbonyl (C=O) groups excluding carboxylic acids is 1. The van der Waals surface area contributed by atoms with Crippen molar-refractivity contribution < 1.29 is 9.18 Å². The van der Waals surface area contributed by atoms with Gasteiger partial charge in [-0.2, -0.15) is 0 Å². The second-order valence-electron chi connectivity index (χ2n) is 3.88. The molecule has 20 heavy (non-hydrogen) atoms. The number of pyridine rings is 1. The van der Waals surface area contributed by atoms with E-state index in [0.717, 1.165) is 0 Å². The van der Waals surface area contributed by atoms with Crippen LogP contribution >= 0.6 is 27.5 Å². The predicted octanol–water partition coefficient (Wildman–Crippen LogP) is 3.93. The smallest absolute Gasteiger partial charge is 0.259 e. The lowest BCUT2D eigenvalue weighted by atomic mass is 10.2. The average Bonchev–Trinajstić information content (AvgIpc) is 2.42. The molecule has 0 fully saturated rings. The molecule has 0 atom stereocenters. The number of amides is 1. The average molecular weight is 359 g/mol. The van der Waals surface area contributed by atoms with Gasteiger partial charge in [0.05, 0.1) is 11.3 Å². The van der Waals surface area contributed by atoms with Crippen LogP contribution in [0.1, 0.15) is 10.4 Å². The van der Waals surface area contributed by atoms with Gasteiger partial charge in [-0.25, -0.2) is 9.37 Å². The van der Waals surface area contributed by atoms with E-state index in [0.29, 0.717) is 20.9 Å². The van der Waals surface area contributed by atoms with E-state index in [-0.39, 0.29) is 5.69 Å². The summed E-state index contributed by atoms with van der Waals surface area (Å²) < 4.78 is 14.2. The van der Waals surface area contributed by atoms with Crippen LogP contribution in [0.2, 0.25) is 5.02 Å². The lowest BCUT2D eigenvalue weighted by Gasteiger charge is -2.10. The molecule has 104 valence electrons. The lowest BCUT2D eigenvalue weighted by Crippen LogP contribution is -2.15. The molecule has 2 aromatic rings. The Morgan fingerprint density at radius 3 is 2.85 bits per heavy atom. The van der Waals surface area contributed by atoms with E-state index in [4.69, 9.17) is 11.6 Å². The second-order valence-corrected chi connectivity index (χ2v) is 5.23. The Labute approximate surface area is 128 Å². The molecule has 1 aromatic carbocycles. The maximum Gasteiger partial charge on any atom is 0.259 e. The quantitative estimate of drug-likeness (QED) is 0.874. The molecule has 0 bridgehead atoms. The molecule has 0 unspecified atom stereocenters. The molecule has 1 heterocycles. The molecule has 0 saturated heterocycles. The largest absolute Gasteiger partial charge is 0.372 e. The van der Waals surface area contributed by atoms with Crippen LogP contribution in [0.15, 0.2) is 34.9 Å². The van der Waals surface area contributed by atoms with Crippen LogP contribution in [-0.2, 0) is 0 Å². The van der Waals surface area contributed by atoms with Crippen LogP contribution in [-0.4, -0.2) is 17.9 Å². The summed E-state index contributed by atoms with van der Waals surface area (Å²) in [4.78, 5) is 16.2. The number of rotatable bonds is 3. The van der Waals surface area contributed by atoms with E-state index in [2.05, 4.69) is 31.5 Å². The summed E-state index contributed by atoms with van der Waals surface area (Å²) in [5.74, 6) is -0.644. The lowest BCUT2D eigenvalue weighted by molar-refractivity contribution is 0.102. The molecular weight excluding hydrogens is 349 g/mol. The number of halogens is 3. The minimum Gasteiger partial charge on any atom is -0.372 e. The van der Waals surface area contributed by atoms with E-state index in [1.807, 2.05) is 0 Å². The summed E-state index contributed by atoms with van der Waals surface area (Å²) in [5.41, 5.74) is 0.311. The van der Waals surface area contributed by atoms with Gasteiger partial charge in [-0.05, 0) is 40.2 Å². The Balaban J connectivity index is 2.32. The Hall–Kier alpha value is -1.66. The molecule has 0 radical (unpaired) electrons. The second kappa shape index (κ2) is 6.19. The summed E-state index contributed by atoms with van der Waals surface area (Å²) in [6, 6.07) is 5.54. The zero-order valence-corrected chi connectivity index (χ0v) is 12.7. The third-order valence-corrected chi connectivity index (χ3v) is 3.18. The van der Waals surface area contributed by atoms with Gasteiger partial charge in [0.1, 0.15) is 11.6 Å². The van der Waals surface area contributed by atoms with E-state index < -0.39 is 11.7 Å². The van der Waals surface area contributed by atoms with Crippen LogP contribution in [0.5, 0.6) is 0 Å². The molecule has 1 aromatic heterocycles.